The van der Waals surface area contributed by atoms with Gasteiger partial charge in [0.25, 0.3) is 0 Å². The van der Waals surface area contributed by atoms with Gasteiger partial charge >= 0.3 is 0 Å². The van der Waals surface area contributed by atoms with Crippen LogP contribution < -0.4 is 16.6 Å². The molecule has 0 aliphatic heterocycles. The molecule has 1 aromatic carbocycles. The van der Waals surface area contributed by atoms with Crippen molar-refractivity contribution in [2.75, 3.05) is 10.7 Å². The summed E-state index contributed by atoms with van der Waals surface area (Å²) >= 11 is 0. The van der Waals surface area contributed by atoms with Gasteiger partial charge in [-0.25, -0.2) is 24.6 Å². The molecule has 110 valence electrons. The van der Waals surface area contributed by atoms with Crippen molar-refractivity contribution >= 4 is 17.3 Å². The maximum Gasteiger partial charge on any atom is 0.160 e. The smallest absolute Gasteiger partial charge is 0.160 e. The molecule has 1 aromatic heterocycles. The van der Waals surface area contributed by atoms with Gasteiger partial charge in [-0.3, -0.25) is 0 Å². The molecule has 1 heterocycles. The molecule has 0 amide bonds. The van der Waals surface area contributed by atoms with Crippen LogP contribution in [0.4, 0.5) is 26.1 Å². The van der Waals surface area contributed by atoms with Gasteiger partial charge in [-0.2, -0.15) is 0 Å². The van der Waals surface area contributed by atoms with Crippen LogP contribution in [-0.4, -0.2) is 9.97 Å². The van der Waals surface area contributed by atoms with Gasteiger partial charge < -0.3 is 10.7 Å². The monoisotopic (exact) mass is 291 g/mol. The van der Waals surface area contributed by atoms with Crippen LogP contribution in [0.1, 0.15) is 30.1 Å². The number of anilines is 3. The predicted molar refractivity (Wildman–Crippen MR) is 76.2 cm³/mol. The summed E-state index contributed by atoms with van der Waals surface area (Å²) in [4.78, 5) is 8.82. The Labute approximate surface area is 120 Å². The van der Waals surface area contributed by atoms with Gasteiger partial charge in [0, 0.05) is 23.2 Å². The van der Waals surface area contributed by atoms with Crippen molar-refractivity contribution in [3.8, 4) is 0 Å². The summed E-state index contributed by atoms with van der Waals surface area (Å²) in [7, 11) is 0. The van der Waals surface area contributed by atoms with Crippen LogP contribution in [0.25, 0.3) is 0 Å². The van der Waals surface area contributed by atoms with Gasteiger partial charge in [0.2, 0.25) is 0 Å². The highest BCUT2D eigenvalue weighted by atomic mass is 19.2. The lowest BCUT2D eigenvalue weighted by Crippen LogP contribution is -2.14. The van der Waals surface area contributed by atoms with Crippen LogP contribution in [-0.2, 0) is 0 Å². The van der Waals surface area contributed by atoms with Crippen molar-refractivity contribution in [1.82, 2.24) is 9.97 Å². The predicted octanol–water partition coefficient (Wildman–Crippen LogP) is 2.97. The van der Waals surface area contributed by atoms with E-state index in [1.54, 1.807) is 6.92 Å². The van der Waals surface area contributed by atoms with E-state index >= 15 is 0 Å². The molecule has 1 aliphatic carbocycles. The highest BCUT2D eigenvalue weighted by molar-refractivity contribution is 5.64. The van der Waals surface area contributed by atoms with Crippen molar-refractivity contribution < 1.29 is 8.78 Å². The summed E-state index contributed by atoms with van der Waals surface area (Å²) in [5, 5.41) is 2.98. The summed E-state index contributed by atoms with van der Waals surface area (Å²) in [5.41, 5.74) is 3.67. The normalized spacial score (nSPS) is 14.1. The van der Waals surface area contributed by atoms with E-state index < -0.39 is 11.6 Å². The van der Waals surface area contributed by atoms with Gasteiger partial charge in [0.15, 0.2) is 11.6 Å². The molecular formula is C14H15F2N5. The third-order valence-electron chi connectivity index (χ3n) is 3.42. The Morgan fingerprint density at radius 2 is 1.86 bits per heavy atom. The molecule has 1 saturated carbocycles. The minimum Gasteiger partial charge on any atom is -0.340 e. The lowest BCUT2D eigenvalue weighted by atomic mass is 10.2. The Balaban J connectivity index is 1.96. The zero-order valence-electron chi connectivity index (χ0n) is 11.5. The van der Waals surface area contributed by atoms with E-state index in [2.05, 4.69) is 20.7 Å². The van der Waals surface area contributed by atoms with Crippen LogP contribution in [0.15, 0.2) is 18.2 Å². The Morgan fingerprint density at radius 3 is 2.48 bits per heavy atom. The third kappa shape index (κ3) is 2.78. The van der Waals surface area contributed by atoms with Crippen LogP contribution in [0, 0.1) is 18.6 Å². The van der Waals surface area contributed by atoms with Crippen molar-refractivity contribution in [2.45, 2.75) is 25.7 Å². The maximum absolute atomic E-state index is 13.3. The Kier molecular flexibility index (Phi) is 3.42. The molecule has 0 radical (unpaired) electrons. The van der Waals surface area contributed by atoms with E-state index in [9.17, 15) is 8.78 Å². The number of halogens is 2. The second kappa shape index (κ2) is 5.25. The number of hydrogen-bond acceptors (Lipinski definition) is 5. The number of rotatable bonds is 4. The van der Waals surface area contributed by atoms with Crippen molar-refractivity contribution in [2.24, 2.45) is 5.84 Å². The maximum atomic E-state index is 13.3. The van der Waals surface area contributed by atoms with Gasteiger partial charge in [-0.15, -0.1) is 0 Å². The lowest BCUT2D eigenvalue weighted by Gasteiger charge is -2.13. The van der Waals surface area contributed by atoms with E-state index in [0.717, 1.165) is 25.0 Å². The van der Waals surface area contributed by atoms with E-state index in [1.165, 1.54) is 6.07 Å². The molecule has 0 spiro atoms. The van der Waals surface area contributed by atoms with Gasteiger partial charge in [0.1, 0.15) is 17.5 Å². The summed E-state index contributed by atoms with van der Waals surface area (Å²) in [5.74, 6) is 5.79. The first-order valence-electron chi connectivity index (χ1n) is 6.65. The van der Waals surface area contributed by atoms with Crippen molar-refractivity contribution in [1.29, 1.82) is 0 Å². The largest absolute Gasteiger partial charge is 0.340 e. The molecule has 0 bridgehead atoms. The number of hydrogen-bond donors (Lipinski definition) is 3. The third-order valence-corrected chi connectivity index (χ3v) is 3.42. The second-order valence-corrected chi connectivity index (χ2v) is 5.08. The highest BCUT2D eigenvalue weighted by Gasteiger charge is 2.28. The minimum atomic E-state index is -0.911. The minimum absolute atomic E-state index is 0.350. The molecule has 0 atom stereocenters. The molecule has 1 fully saturated rings. The van der Waals surface area contributed by atoms with E-state index in [1.807, 2.05) is 0 Å². The molecule has 2 aromatic rings. The van der Waals surface area contributed by atoms with E-state index in [0.29, 0.717) is 34.6 Å². The number of nitrogens with two attached hydrogens (primary N) is 1. The number of benzene rings is 1. The molecule has 3 rings (SSSR count). The fraction of sp³-hybridized carbons (Fsp3) is 0.286. The first-order chi connectivity index (χ1) is 10.1. The average Bonchev–Trinajstić information content (AvgIpc) is 3.29. The highest BCUT2D eigenvalue weighted by Crippen LogP contribution is 2.39. The number of hydrazine groups is 1. The SMILES string of the molecule is Cc1c(NN)nc(C2CC2)nc1Nc1ccc(F)c(F)c1. The van der Waals surface area contributed by atoms with Crippen molar-refractivity contribution in [3.05, 3.63) is 41.2 Å². The summed E-state index contributed by atoms with van der Waals surface area (Å²) < 4.78 is 26.2. The standard InChI is InChI=1S/C14H15F2N5/c1-7-12(18-9-4-5-10(15)11(16)6-9)19-14(8-2-3-8)20-13(7)21-17/h4-6,8H,2-3,17H2,1H3,(H2,18,19,20,21). The zero-order chi connectivity index (χ0) is 15.0. The van der Waals surface area contributed by atoms with E-state index in [-0.39, 0.29) is 0 Å². The van der Waals surface area contributed by atoms with Gasteiger partial charge in [-0.1, -0.05) is 0 Å². The molecule has 5 nitrogen and oxygen atoms in total. The second-order valence-electron chi connectivity index (χ2n) is 5.08. The fourth-order valence-corrected chi connectivity index (χ4v) is 2.03. The molecule has 4 N–H and O–H groups in total. The molecular weight excluding hydrogens is 276 g/mol. The molecule has 7 heteroatoms. The number of nitrogens with one attached hydrogen (secondary N) is 2. The van der Waals surface area contributed by atoms with Crippen LogP contribution in [0.5, 0.6) is 0 Å². The van der Waals surface area contributed by atoms with Crippen LogP contribution in [0.3, 0.4) is 0 Å². The van der Waals surface area contributed by atoms with Crippen LogP contribution in [0.2, 0.25) is 0 Å². The van der Waals surface area contributed by atoms with Crippen molar-refractivity contribution in [3.63, 3.8) is 0 Å². The Morgan fingerprint density at radius 1 is 1.14 bits per heavy atom. The average molecular weight is 291 g/mol. The first kappa shape index (κ1) is 13.7. The number of nitrogens with zero attached hydrogens (tertiary/aromatic N) is 2. The van der Waals surface area contributed by atoms with Gasteiger partial charge in [-0.05, 0) is 31.9 Å². The summed E-state index contributed by atoms with van der Waals surface area (Å²) in [6.45, 7) is 1.80. The quantitative estimate of drug-likeness (QED) is 0.596. The summed E-state index contributed by atoms with van der Waals surface area (Å²) in [6.07, 6.45) is 2.11. The topological polar surface area (TPSA) is 75.9 Å². The van der Waals surface area contributed by atoms with Crippen LogP contribution >= 0.6 is 0 Å². The Hall–Kier alpha value is -2.28. The number of aromatic nitrogens is 2. The number of nitrogen functional groups attached to an aromatic ring is 1. The van der Waals surface area contributed by atoms with E-state index in [4.69, 9.17) is 5.84 Å². The Bertz CT molecular complexity index is 685. The lowest BCUT2D eigenvalue weighted by molar-refractivity contribution is 0.509. The molecule has 1 aliphatic rings. The molecule has 21 heavy (non-hydrogen) atoms. The van der Waals surface area contributed by atoms with Gasteiger partial charge in [0.05, 0.1) is 0 Å². The first-order valence-corrected chi connectivity index (χ1v) is 6.65. The fourth-order valence-electron chi connectivity index (χ4n) is 2.03. The summed E-state index contributed by atoms with van der Waals surface area (Å²) in [6, 6.07) is 3.60. The molecule has 0 unspecified atom stereocenters. The zero-order valence-corrected chi connectivity index (χ0v) is 11.5. The molecule has 0 saturated heterocycles.